The van der Waals surface area contributed by atoms with Crippen molar-refractivity contribution in [3.63, 3.8) is 0 Å². The summed E-state index contributed by atoms with van der Waals surface area (Å²) in [5.41, 5.74) is 0.881. The van der Waals surface area contributed by atoms with Gasteiger partial charge in [0.2, 0.25) is 0 Å². The standard InChI is InChI=1S/C16H14O5/c1-20-14(18)7-9-6-12-13(8-17)15(19)10-4-2-3-5-11(10)16(12)21-9/h2-5,8-9,19H,6-7H2,1H3. The Kier molecular flexibility index (Phi) is 3.25. The van der Waals surface area contributed by atoms with Crippen molar-refractivity contribution in [1.82, 2.24) is 0 Å². The van der Waals surface area contributed by atoms with Gasteiger partial charge in [0.05, 0.1) is 19.1 Å². The first-order valence-electron chi connectivity index (χ1n) is 6.61. The minimum atomic E-state index is -0.378. The zero-order valence-electron chi connectivity index (χ0n) is 11.5. The third kappa shape index (κ3) is 2.11. The molecular weight excluding hydrogens is 272 g/mol. The van der Waals surface area contributed by atoms with Crippen molar-refractivity contribution < 1.29 is 24.2 Å². The van der Waals surface area contributed by atoms with Crippen LogP contribution in [0.4, 0.5) is 0 Å². The molecule has 0 aromatic heterocycles. The number of benzene rings is 2. The number of phenolic OH excluding ortho intramolecular Hbond substituents is 1. The van der Waals surface area contributed by atoms with E-state index in [2.05, 4.69) is 4.74 Å². The van der Waals surface area contributed by atoms with Crippen molar-refractivity contribution >= 4 is 23.0 Å². The molecule has 1 aliphatic rings. The summed E-state index contributed by atoms with van der Waals surface area (Å²) in [5.74, 6) is 0.162. The lowest BCUT2D eigenvalue weighted by Gasteiger charge is -2.11. The number of aromatic hydroxyl groups is 1. The number of hydrogen-bond acceptors (Lipinski definition) is 5. The molecule has 0 radical (unpaired) electrons. The summed E-state index contributed by atoms with van der Waals surface area (Å²) in [4.78, 5) is 22.7. The van der Waals surface area contributed by atoms with E-state index in [1.807, 2.05) is 12.1 Å². The van der Waals surface area contributed by atoms with Gasteiger partial charge in [-0.2, -0.15) is 0 Å². The lowest BCUT2D eigenvalue weighted by molar-refractivity contribution is -0.142. The van der Waals surface area contributed by atoms with Crippen molar-refractivity contribution in [2.75, 3.05) is 7.11 Å². The molecule has 1 aliphatic heterocycles. The molecule has 21 heavy (non-hydrogen) atoms. The second-order valence-corrected chi connectivity index (χ2v) is 4.96. The minimum Gasteiger partial charge on any atom is -0.507 e. The van der Waals surface area contributed by atoms with E-state index in [9.17, 15) is 14.7 Å². The van der Waals surface area contributed by atoms with Gasteiger partial charge >= 0.3 is 5.97 Å². The highest BCUT2D eigenvalue weighted by Crippen LogP contribution is 2.44. The number of carbonyl (C=O) groups is 2. The van der Waals surface area contributed by atoms with Crippen LogP contribution in [0.25, 0.3) is 10.8 Å². The summed E-state index contributed by atoms with van der Waals surface area (Å²) >= 11 is 0. The normalized spacial score (nSPS) is 16.3. The molecular formula is C16H14O5. The van der Waals surface area contributed by atoms with Crippen LogP contribution in [0.5, 0.6) is 11.5 Å². The maximum absolute atomic E-state index is 11.4. The maximum Gasteiger partial charge on any atom is 0.309 e. The van der Waals surface area contributed by atoms with E-state index in [0.717, 1.165) is 5.39 Å². The molecule has 0 saturated heterocycles. The third-order valence-electron chi connectivity index (χ3n) is 3.74. The Hall–Kier alpha value is -2.56. The zero-order chi connectivity index (χ0) is 15.0. The zero-order valence-corrected chi connectivity index (χ0v) is 11.5. The van der Waals surface area contributed by atoms with Gasteiger partial charge in [-0.25, -0.2) is 0 Å². The van der Waals surface area contributed by atoms with E-state index in [-0.39, 0.29) is 29.8 Å². The Labute approximate surface area is 121 Å². The van der Waals surface area contributed by atoms with E-state index in [1.54, 1.807) is 12.1 Å². The van der Waals surface area contributed by atoms with E-state index < -0.39 is 0 Å². The largest absolute Gasteiger partial charge is 0.507 e. The Morgan fingerprint density at radius 2 is 2.14 bits per heavy atom. The second kappa shape index (κ2) is 5.09. The lowest BCUT2D eigenvalue weighted by Crippen LogP contribution is -2.19. The number of rotatable bonds is 3. The fraction of sp³-hybridized carbons (Fsp3) is 0.250. The van der Waals surface area contributed by atoms with Crippen LogP contribution in [-0.2, 0) is 16.0 Å². The number of phenols is 1. The second-order valence-electron chi connectivity index (χ2n) is 4.96. The molecule has 0 fully saturated rings. The van der Waals surface area contributed by atoms with Crippen LogP contribution in [0.1, 0.15) is 22.3 Å². The predicted octanol–water partition coefficient (Wildman–Crippen LogP) is 2.22. The van der Waals surface area contributed by atoms with Crippen molar-refractivity contribution in [3.8, 4) is 11.5 Å². The van der Waals surface area contributed by atoms with Crippen molar-refractivity contribution in [2.24, 2.45) is 0 Å². The number of esters is 1. The molecule has 0 saturated carbocycles. The smallest absolute Gasteiger partial charge is 0.309 e. The van der Waals surface area contributed by atoms with Crippen LogP contribution < -0.4 is 4.74 Å². The first-order chi connectivity index (χ1) is 10.2. The number of methoxy groups -OCH3 is 1. The highest BCUT2D eigenvalue weighted by atomic mass is 16.5. The molecule has 5 nitrogen and oxygen atoms in total. The van der Waals surface area contributed by atoms with Gasteiger partial charge in [-0.1, -0.05) is 24.3 Å². The average Bonchev–Trinajstić information content (AvgIpc) is 2.91. The Morgan fingerprint density at radius 3 is 2.81 bits per heavy atom. The molecule has 3 rings (SSSR count). The summed E-state index contributed by atoms with van der Waals surface area (Å²) < 4.78 is 10.5. The van der Waals surface area contributed by atoms with Gasteiger partial charge in [0.15, 0.2) is 6.29 Å². The fourth-order valence-corrected chi connectivity index (χ4v) is 2.74. The lowest BCUT2D eigenvalue weighted by atomic mass is 9.96. The average molecular weight is 286 g/mol. The van der Waals surface area contributed by atoms with Crippen molar-refractivity contribution in [3.05, 3.63) is 35.4 Å². The van der Waals surface area contributed by atoms with Crippen LogP contribution in [-0.4, -0.2) is 30.6 Å². The van der Waals surface area contributed by atoms with E-state index in [1.165, 1.54) is 7.11 Å². The number of hydrogen-bond donors (Lipinski definition) is 1. The van der Waals surface area contributed by atoms with Gasteiger partial charge in [-0.05, 0) is 0 Å². The number of ether oxygens (including phenoxy) is 2. The number of fused-ring (bicyclic) bond motifs is 3. The molecule has 2 aromatic carbocycles. The summed E-state index contributed by atoms with van der Waals surface area (Å²) in [6.07, 6.45) is 0.760. The van der Waals surface area contributed by atoms with Crippen LogP contribution in [0, 0.1) is 0 Å². The predicted molar refractivity (Wildman–Crippen MR) is 75.8 cm³/mol. The molecule has 1 heterocycles. The maximum atomic E-state index is 11.4. The highest BCUT2D eigenvalue weighted by molar-refractivity contribution is 6.02. The fourth-order valence-electron chi connectivity index (χ4n) is 2.74. The van der Waals surface area contributed by atoms with Gasteiger partial charge in [0, 0.05) is 22.8 Å². The summed E-state index contributed by atoms with van der Waals surface area (Å²) in [6.45, 7) is 0. The molecule has 0 spiro atoms. The van der Waals surface area contributed by atoms with Gasteiger partial charge < -0.3 is 14.6 Å². The molecule has 108 valence electrons. The highest BCUT2D eigenvalue weighted by Gasteiger charge is 2.31. The summed E-state index contributed by atoms with van der Waals surface area (Å²) in [5, 5.41) is 11.6. The molecule has 1 atom stereocenters. The molecule has 0 bridgehead atoms. The molecule has 5 heteroatoms. The number of carbonyl (C=O) groups excluding carboxylic acids is 2. The molecule has 2 aromatic rings. The molecule has 0 amide bonds. The first-order valence-corrected chi connectivity index (χ1v) is 6.61. The SMILES string of the molecule is COC(=O)CC1Cc2c(C=O)c(O)c3ccccc3c2O1. The summed E-state index contributed by atoms with van der Waals surface area (Å²) in [7, 11) is 1.32. The monoisotopic (exact) mass is 286 g/mol. The van der Waals surface area contributed by atoms with Crippen molar-refractivity contribution in [2.45, 2.75) is 18.9 Å². The first kappa shape index (κ1) is 13.4. The van der Waals surface area contributed by atoms with E-state index >= 15 is 0 Å². The third-order valence-corrected chi connectivity index (χ3v) is 3.74. The Morgan fingerprint density at radius 1 is 1.43 bits per heavy atom. The Bertz CT molecular complexity index is 735. The molecule has 1 N–H and O–H groups in total. The van der Waals surface area contributed by atoms with Crippen LogP contribution in [0.3, 0.4) is 0 Å². The minimum absolute atomic E-state index is 0.0401. The topological polar surface area (TPSA) is 72.8 Å². The van der Waals surface area contributed by atoms with Crippen LogP contribution >= 0.6 is 0 Å². The number of aldehydes is 1. The van der Waals surface area contributed by atoms with Crippen LogP contribution in [0.2, 0.25) is 0 Å². The quantitative estimate of drug-likeness (QED) is 0.692. The van der Waals surface area contributed by atoms with Gasteiger partial charge in [-0.3, -0.25) is 9.59 Å². The van der Waals surface area contributed by atoms with E-state index in [4.69, 9.17) is 4.74 Å². The van der Waals surface area contributed by atoms with Gasteiger partial charge in [-0.15, -0.1) is 0 Å². The Balaban J connectivity index is 2.12. The summed E-state index contributed by atoms with van der Waals surface area (Å²) in [6, 6.07) is 7.17. The van der Waals surface area contributed by atoms with Crippen LogP contribution in [0.15, 0.2) is 24.3 Å². The molecule has 1 unspecified atom stereocenters. The van der Waals surface area contributed by atoms with Gasteiger partial charge in [0.1, 0.15) is 17.6 Å². The van der Waals surface area contributed by atoms with Gasteiger partial charge in [0.25, 0.3) is 0 Å². The van der Waals surface area contributed by atoms with E-state index in [0.29, 0.717) is 29.4 Å². The van der Waals surface area contributed by atoms with Crippen molar-refractivity contribution in [1.29, 1.82) is 0 Å². The molecule has 0 aliphatic carbocycles.